The fourth-order valence-corrected chi connectivity index (χ4v) is 6.38. The average molecular weight is 542 g/mol. The van der Waals surface area contributed by atoms with E-state index in [0.717, 1.165) is 25.1 Å². The highest BCUT2D eigenvalue weighted by Gasteiger charge is 2.38. The molecule has 0 spiro atoms. The molecule has 0 saturated carbocycles. The van der Waals surface area contributed by atoms with Gasteiger partial charge in [0.25, 0.3) is 0 Å². The summed E-state index contributed by atoms with van der Waals surface area (Å²) in [6.07, 6.45) is -1.99. The largest absolute Gasteiger partial charge is 0.471 e. The van der Waals surface area contributed by atoms with Crippen LogP contribution >= 0.6 is 0 Å². The van der Waals surface area contributed by atoms with Crippen molar-refractivity contribution in [2.45, 2.75) is 54.8 Å². The minimum atomic E-state index is -4.65. The Kier molecular flexibility index (Phi) is 7.57. The van der Waals surface area contributed by atoms with E-state index < -0.39 is 33.7 Å². The fraction of sp³-hybridized carbons (Fsp3) is 0.583. The zero-order chi connectivity index (χ0) is 26.0. The van der Waals surface area contributed by atoms with Crippen molar-refractivity contribution in [1.82, 2.24) is 19.6 Å². The molecule has 0 bridgehead atoms. The van der Waals surface area contributed by atoms with Gasteiger partial charge in [-0.1, -0.05) is 12.1 Å². The van der Waals surface area contributed by atoms with E-state index in [-0.39, 0.29) is 36.6 Å². The first-order chi connectivity index (χ1) is 17.7. The van der Waals surface area contributed by atoms with E-state index in [0.29, 0.717) is 38.0 Å². The SMILES string of the molecule is O=S(=O)(c1ccc(C2CCNC2)cc1)N1CCC(Nc2ncc(C(F)(F)F)c(O[C@H]3CCOC3)n2)CC1. The van der Waals surface area contributed by atoms with Crippen molar-refractivity contribution in [1.29, 1.82) is 0 Å². The number of hydrogen-bond acceptors (Lipinski definition) is 8. The van der Waals surface area contributed by atoms with Crippen LogP contribution < -0.4 is 15.4 Å². The number of hydrogen-bond donors (Lipinski definition) is 2. The van der Waals surface area contributed by atoms with E-state index >= 15 is 0 Å². The molecule has 2 aromatic rings. The van der Waals surface area contributed by atoms with Crippen molar-refractivity contribution in [3.8, 4) is 5.88 Å². The molecule has 4 heterocycles. The van der Waals surface area contributed by atoms with E-state index in [9.17, 15) is 21.6 Å². The molecule has 3 fully saturated rings. The molecule has 3 aliphatic heterocycles. The highest BCUT2D eigenvalue weighted by Crippen LogP contribution is 2.36. The summed E-state index contributed by atoms with van der Waals surface area (Å²) >= 11 is 0. The molecule has 37 heavy (non-hydrogen) atoms. The summed E-state index contributed by atoms with van der Waals surface area (Å²) in [5.41, 5.74) is 0.0910. The molecule has 13 heteroatoms. The Morgan fingerprint density at radius 3 is 2.49 bits per heavy atom. The normalized spacial score (nSPS) is 23.9. The van der Waals surface area contributed by atoms with Gasteiger partial charge in [-0.3, -0.25) is 0 Å². The molecule has 1 unspecified atom stereocenters. The third-order valence-corrected chi connectivity index (χ3v) is 8.98. The maximum atomic E-state index is 13.4. The zero-order valence-corrected chi connectivity index (χ0v) is 21.0. The molecule has 3 aliphatic rings. The van der Waals surface area contributed by atoms with Crippen LogP contribution in [0.5, 0.6) is 5.88 Å². The van der Waals surface area contributed by atoms with Crippen LogP contribution in [0.2, 0.25) is 0 Å². The first-order valence-corrected chi connectivity index (χ1v) is 13.9. The lowest BCUT2D eigenvalue weighted by Crippen LogP contribution is -2.42. The maximum Gasteiger partial charge on any atom is 0.423 e. The van der Waals surface area contributed by atoms with Gasteiger partial charge in [0.15, 0.2) is 0 Å². The van der Waals surface area contributed by atoms with Crippen LogP contribution in [-0.2, 0) is 20.9 Å². The molecule has 0 amide bonds. The van der Waals surface area contributed by atoms with E-state index in [4.69, 9.17) is 9.47 Å². The number of anilines is 1. The second kappa shape index (κ2) is 10.7. The Morgan fingerprint density at radius 2 is 1.86 bits per heavy atom. The molecule has 5 rings (SSSR count). The Morgan fingerprint density at radius 1 is 1.11 bits per heavy atom. The van der Waals surface area contributed by atoms with Gasteiger partial charge in [0, 0.05) is 38.3 Å². The third-order valence-electron chi connectivity index (χ3n) is 7.06. The van der Waals surface area contributed by atoms with Crippen LogP contribution in [-0.4, -0.2) is 74.2 Å². The van der Waals surface area contributed by atoms with Crippen molar-refractivity contribution in [2.75, 3.05) is 44.7 Å². The summed E-state index contributed by atoms with van der Waals surface area (Å²) in [6.45, 7) is 3.05. The Balaban J connectivity index is 1.21. The summed E-state index contributed by atoms with van der Waals surface area (Å²) in [5.74, 6) is -0.110. The number of alkyl halides is 3. The van der Waals surface area contributed by atoms with Gasteiger partial charge in [-0.2, -0.15) is 22.5 Å². The molecule has 0 radical (unpaired) electrons. The first kappa shape index (κ1) is 26.1. The minimum Gasteiger partial charge on any atom is -0.471 e. The van der Waals surface area contributed by atoms with Crippen LogP contribution in [0.1, 0.15) is 42.7 Å². The average Bonchev–Trinajstić information content (AvgIpc) is 3.59. The molecular weight excluding hydrogens is 511 g/mol. The lowest BCUT2D eigenvalue weighted by atomic mass is 9.99. The molecule has 3 saturated heterocycles. The maximum absolute atomic E-state index is 13.4. The van der Waals surface area contributed by atoms with Crippen molar-refractivity contribution in [3.05, 3.63) is 41.6 Å². The predicted octanol–water partition coefficient (Wildman–Crippen LogP) is 3.01. The lowest BCUT2D eigenvalue weighted by Gasteiger charge is -2.31. The number of halogens is 3. The minimum absolute atomic E-state index is 0.0141. The Labute approximate surface area is 213 Å². The van der Waals surface area contributed by atoms with Crippen LogP contribution in [0.25, 0.3) is 0 Å². The molecule has 2 N–H and O–H groups in total. The molecule has 9 nitrogen and oxygen atoms in total. The van der Waals surface area contributed by atoms with Gasteiger partial charge in [-0.05, 0) is 49.4 Å². The second-order valence-electron chi connectivity index (χ2n) is 9.60. The first-order valence-electron chi connectivity index (χ1n) is 12.5. The van der Waals surface area contributed by atoms with Gasteiger partial charge in [-0.25, -0.2) is 13.4 Å². The summed E-state index contributed by atoms with van der Waals surface area (Å²) in [5, 5.41) is 6.36. The van der Waals surface area contributed by atoms with Gasteiger partial charge in [0.1, 0.15) is 11.7 Å². The summed E-state index contributed by atoms with van der Waals surface area (Å²) in [7, 11) is -3.64. The third kappa shape index (κ3) is 6.00. The van der Waals surface area contributed by atoms with E-state index in [1.54, 1.807) is 12.1 Å². The second-order valence-corrected chi connectivity index (χ2v) is 11.5. The molecule has 1 aromatic heterocycles. The summed E-state index contributed by atoms with van der Waals surface area (Å²) < 4.78 is 78.7. The van der Waals surface area contributed by atoms with Gasteiger partial charge < -0.3 is 20.1 Å². The van der Waals surface area contributed by atoms with Crippen molar-refractivity contribution < 1.29 is 31.1 Å². The van der Waals surface area contributed by atoms with E-state index in [1.165, 1.54) is 4.31 Å². The number of ether oxygens (including phenoxy) is 2. The number of piperidine rings is 1. The highest BCUT2D eigenvalue weighted by atomic mass is 32.2. The molecular formula is C24H30F3N5O4S. The molecule has 0 aliphatic carbocycles. The van der Waals surface area contributed by atoms with E-state index in [1.807, 2.05) is 12.1 Å². The number of nitrogens with one attached hydrogen (secondary N) is 2. The Bertz CT molecular complexity index is 1180. The number of benzene rings is 1. The quantitative estimate of drug-likeness (QED) is 0.551. The standard InChI is InChI=1S/C24H30F3N5O4S/c25-24(26,27)21-14-29-23(31-22(21)36-19-8-12-35-15-19)30-18-6-10-32(11-7-18)37(33,34)20-3-1-16(2-4-20)17-5-9-28-13-17/h1-4,14,17-19,28H,5-13,15H2,(H,29,30,31)/t17?,19-/m0/s1. The zero-order valence-electron chi connectivity index (χ0n) is 20.2. The van der Waals surface area contributed by atoms with Crippen molar-refractivity contribution >= 4 is 16.0 Å². The van der Waals surface area contributed by atoms with E-state index in [2.05, 4.69) is 20.6 Å². The predicted molar refractivity (Wildman–Crippen MR) is 129 cm³/mol. The Hall–Kier alpha value is -2.48. The van der Waals surface area contributed by atoms with Crippen LogP contribution in [0.3, 0.4) is 0 Å². The number of sulfonamides is 1. The van der Waals surface area contributed by atoms with Gasteiger partial charge in [-0.15, -0.1) is 0 Å². The van der Waals surface area contributed by atoms with Gasteiger partial charge in [0.2, 0.25) is 21.9 Å². The topological polar surface area (TPSA) is 106 Å². The lowest BCUT2D eigenvalue weighted by molar-refractivity contribution is -0.139. The number of nitrogens with zero attached hydrogens (tertiary/aromatic N) is 3. The van der Waals surface area contributed by atoms with Crippen LogP contribution in [0, 0.1) is 0 Å². The van der Waals surface area contributed by atoms with Crippen LogP contribution in [0.15, 0.2) is 35.4 Å². The molecule has 2 atom stereocenters. The smallest absolute Gasteiger partial charge is 0.423 e. The summed E-state index contributed by atoms with van der Waals surface area (Å²) in [4.78, 5) is 8.10. The molecule has 1 aromatic carbocycles. The number of rotatable bonds is 7. The van der Waals surface area contributed by atoms with Crippen LogP contribution in [0.4, 0.5) is 19.1 Å². The fourth-order valence-electron chi connectivity index (χ4n) is 4.91. The number of aromatic nitrogens is 2. The van der Waals surface area contributed by atoms with Crippen molar-refractivity contribution in [2.24, 2.45) is 0 Å². The highest BCUT2D eigenvalue weighted by molar-refractivity contribution is 7.89. The van der Waals surface area contributed by atoms with Gasteiger partial charge in [0.05, 0.1) is 18.1 Å². The van der Waals surface area contributed by atoms with Gasteiger partial charge >= 0.3 is 6.18 Å². The van der Waals surface area contributed by atoms with Crippen molar-refractivity contribution in [3.63, 3.8) is 0 Å². The monoisotopic (exact) mass is 541 g/mol. The summed E-state index contributed by atoms with van der Waals surface area (Å²) in [6, 6.07) is 6.92. The molecule has 202 valence electrons.